The van der Waals surface area contributed by atoms with Gasteiger partial charge in [-0.15, -0.1) is 0 Å². The quantitative estimate of drug-likeness (QED) is 0.0243. The van der Waals surface area contributed by atoms with Gasteiger partial charge in [0.2, 0.25) is 5.91 Å². The predicted octanol–water partition coefficient (Wildman–Crippen LogP) is 26.1. The van der Waals surface area contributed by atoms with Crippen molar-refractivity contribution >= 4 is 13.7 Å². The average Bonchev–Trinajstić information content (AvgIpc) is 1.77. The first kappa shape index (κ1) is 90.6. The van der Waals surface area contributed by atoms with Gasteiger partial charge in [-0.3, -0.25) is 13.8 Å². The number of aliphatic hydroxyl groups excluding tert-OH is 1. The molecule has 0 saturated heterocycles. The summed E-state index contributed by atoms with van der Waals surface area (Å²) in [4.78, 5) is 23.5. The smallest absolute Gasteiger partial charge is 0.387 e. The van der Waals surface area contributed by atoms with Gasteiger partial charge in [0.15, 0.2) is 0 Å². The first-order valence-corrected chi connectivity index (χ1v) is 41.1. The molecule has 0 aliphatic heterocycles. The van der Waals surface area contributed by atoms with Crippen LogP contribution in [0.1, 0.15) is 348 Å². The molecule has 0 saturated carbocycles. The van der Waals surface area contributed by atoms with E-state index in [1.807, 2.05) is 27.2 Å². The standard InChI is InChI=1S/C85H151N2O6P/c1-6-8-10-12-14-16-18-20-22-24-26-28-30-32-34-36-38-39-40-41-42-43-44-45-46-47-49-51-53-55-57-59-61-63-65-67-69-71-73-75-77-79-85(89)86-83(82-93-94(90,91)92-81-80-87(3,4)5)84(88)78-76-74-72-70-68-66-64-62-60-58-56-54-52-50-48-37-35-33-31-29-27-25-23-21-19-17-15-13-11-9-7-2/h8,10,14,16,20,22,26,28,32,34,38-39,41-42,44-45,47,49,53,55,76,78,83-84,88H,6-7,9,11-13,15,17-19,21,23-25,27,29-31,33,35-37,40,43,46,48,50-52,54,56-75,77,79-82H2,1-5H3,(H-,86,89,90,91)/p+1/b10-8-,16-14-,22-20-,28-26-,34-32-,39-38-,42-41-,45-44-,49-47-,55-53-,78-76+. The van der Waals surface area contributed by atoms with Crippen LogP contribution in [0.2, 0.25) is 0 Å². The van der Waals surface area contributed by atoms with Crippen molar-refractivity contribution in [2.24, 2.45) is 0 Å². The second kappa shape index (κ2) is 73.9. The molecule has 0 rings (SSSR count). The molecule has 0 bridgehead atoms. The first-order chi connectivity index (χ1) is 46.0. The Hall–Kier alpha value is -3.36. The molecule has 0 aliphatic rings. The number of hydrogen-bond acceptors (Lipinski definition) is 5. The van der Waals surface area contributed by atoms with Crippen LogP contribution in [0.25, 0.3) is 0 Å². The molecular weight excluding hydrogens is 1180 g/mol. The van der Waals surface area contributed by atoms with E-state index in [1.165, 1.54) is 218 Å². The number of unbranched alkanes of at least 4 members (excludes halogenated alkanes) is 39. The minimum Gasteiger partial charge on any atom is -0.387 e. The van der Waals surface area contributed by atoms with Crippen molar-refractivity contribution in [3.05, 3.63) is 134 Å². The van der Waals surface area contributed by atoms with E-state index in [-0.39, 0.29) is 19.1 Å². The van der Waals surface area contributed by atoms with E-state index in [2.05, 4.69) is 141 Å². The molecule has 0 aliphatic carbocycles. The number of hydrogen-bond donors (Lipinski definition) is 3. The maximum absolute atomic E-state index is 13.1. The maximum Gasteiger partial charge on any atom is 0.472 e. The van der Waals surface area contributed by atoms with Crippen LogP contribution in [0.5, 0.6) is 0 Å². The van der Waals surface area contributed by atoms with Gasteiger partial charge in [-0.05, 0) is 96.3 Å². The molecule has 0 heterocycles. The van der Waals surface area contributed by atoms with E-state index >= 15 is 0 Å². The highest BCUT2D eigenvalue weighted by molar-refractivity contribution is 7.47. The van der Waals surface area contributed by atoms with Gasteiger partial charge < -0.3 is 19.8 Å². The van der Waals surface area contributed by atoms with Crippen molar-refractivity contribution in [3.8, 4) is 0 Å². The summed E-state index contributed by atoms with van der Waals surface area (Å²) in [6, 6.07) is -0.860. The Kier molecular flexibility index (Phi) is 71.2. The van der Waals surface area contributed by atoms with E-state index in [0.29, 0.717) is 17.4 Å². The minimum atomic E-state index is -4.37. The third-order valence-corrected chi connectivity index (χ3v) is 18.4. The first-order valence-electron chi connectivity index (χ1n) is 39.6. The minimum absolute atomic E-state index is 0.0557. The largest absolute Gasteiger partial charge is 0.472 e. The van der Waals surface area contributed by atoms with Crippen molar-refractivity contribution in [1.82, 2.24) is 5.32 Å². The topological polar surface area (TPSA) is 105 Å². The number of nitrogens with zero attached hydrogens (tertiary/aromatic N) is 1. The van der Waals surface area contributed by atoms with Crippen LogP contribution < -0.4 is 5.32 Å². The van der Waals surface area contributed by atoms with Crippen LogP contribution in [0.4, 0.5) is 0 Å². The van der Waals surface area contributed by atoms with Gasteiger partial charge in [0.05, 0.1) is 39.9 Å². The van der Waals surface area contributed by atoms with Crippen LogP contribution in [0, 0.1) is 0 Å². The molecule has 0 aromatic carbocycles. The summed E-state index contributed by atoms with van der Waals surface area (Å²) in [7, 11) is 1.57. The second-order valence-corrected chi connectivity index (χ2v) is 29.2. The SMILES string of the molecule is CC/C=C\C/C=C\C/C=C\C/C=C\C/C=C\C/C=C\C/C=C\C/C=C\C/C=C\C/C=C\CCCCCCCCCCCCC(=O)NC(COP(=O)(O)OCC[N+](C)(C)C)C(O)/C=C/CCCCCCCCCCCCCCCCCCCCCCCCCCCCCCC. The molecule has 1 amide bonds. The zero-order valence-electron chi connectivity index (χ0n) is 62.2. The molecule has 3 N–H and O–H groups in total. The molecule has 94 heavy (non-hydrogen) atoms. The fourth-order valence-corrected chi connectivity index (χ4v) is 12.0. The lowest BCUT2D eigenvalue weighted by Gasteiger charge is -2.25. The van der Waals surface area contributed by atoms with Crippen molar-refractivity contribution in [2.75, 3.05) is 40.9 Å². The number of aliphatic hydroxyl groups is 1. The molecule has 0 aromatic rings. The Morgan fingerprint density at radius 2 is 0.638 bits per heavy atom. The molecule has 3 atom stereocenters. The highest BCUT2D eigenvalue weighted by Gasteiger charge is 2.28. The number of carbonyl (C=O) groups is 1. The van der Waals surface area contributed by atoms with Crippen LogP contribution in [-0.4, -0.2) is 73.4 Å². The predicted molar refractivity (Wildman–Crippen MR) is 415 cm³/mol. The summed E-state index contributed by atoms with van der Waals surface area (Å²) < 4.78 is 23.9. The van der Waals surface area contributed by atoms with Crippen molar-refractivity contribution < 1.29 is 32.9 Å². The number of quaternary nitrogens is 1. The fraction of sp³-hybridized carbons (Fsp3) is 0.729. The molecule has 542 valence electrons. The Morgan fingerprint density at radius 3 is 0.936 bits per heavy atom. The highest BCUT2D eigenvalue weighted by atomic mass is 31.2. The number of rotatable bonds is 72. The summed E-state index contributed by atoms with van der Waals surface area (Å²) >= 11 is 0. The van der Waals surface area contributed by atoms with Gasteiger partial charge in [0, 0.05) is 6.42 Å². The van der Waals surface area contributed by atoms with Gasteiger partial charge in [-0.25, -0.2) is 4.57 Å². The summed E-state index contributed by atoms with van der Waals surface area (Å²) in [6.45, 7) is 4.73. The molecular formula is C85H152N2O6P+. The van der Waals surface area contributed by atoms with E-state index in [0.717, 1.165) is 109 Å². The van der Waals surface area contributed by atoms with Crippen molar-refractivity contribution in [2.45, 2.75) is 360 Å². The van der Waals surface area contributed by atoms with E-state index in [4.69, 9.17) is 9.05 Å². The lowest BCUT2D eigenvalue weighted by atomic mass is 10.0. The zero-order chi connectivity index (χ0) is 68.3. The van der Waals surface area contributed by atoms with Crippen LogP contribution in [0.3, 0.4) is 0 Å². The Morgan fingerprint density at radius 1 is 0.372 bits per heavy atom. The number of phosphoric ester groups is 1. The summed E-state index contributed by atoms with van der Waals surface area (Å²) in [5, 5.41) is 14.1. The van der Waals surface area contributed by atoms with Gasteiger partial charge >= 0.3 is 7.82 Å². The number of carbonyl (C=O) groups excluding carboxylic acids is 1. The van der Waals surface area contributed by atoms with Gasteiger partial charge in [0.25, 0.3) is 0 Å². The normalized spacial score (nSPS) is 14.2. The zero-order valence-corrected chi connectivity index (χ0v) is 63.1. The molecule has 0 radical (unpaired) electrons. The van der Waals surface area contributed by atoms with Gasteiger partial charge in [-0.2, -0.15) is 0 Å². The Bertz CT molecular complexity index is 2000. The lowest BCUT2D eigenvalue weighted by molar-refractivity contribution is -0.870. The molecule has 3 unspecified atom stereocenters. The number of allylic oxidation sites excluding steroid dienone is 21. The Labute approximate surface area is 583 Å². The highest BCUT2D eigenvalue weighted by Crippen LogP contribution is 2.43. The van der Waals surface area contributed by atoms with E-state index in [1.54, 1.807) is 6.08 Å². The third-order valence-electron chi connectivity index (χ3n) is 17.4. The second-order valence-electron chi connectivity index (χ2n) is 27.7. The van der Waals surface area contributed by atoms with Crippen LogP contribution in [-0.2, 0) is 18.4 Å². The molecule has 8 nitrogen and oxygen atoms in total. The fourth-order valence-electron chi connectivity index (χ4n) is 11.3. The number of nitrogens with one attached hydrogen (secondary N) is 1. The molecule has 0 spiro atoms. The van der Waals surface area contributed by atoms with Crippen LogP contribution >= 0.6 is 7.82 Å². The van der Waals surface area contributed by atoms with Gasteiger partial charge in [0.1, 0.15) is 13.2 Å². The Balaban J connectivity index is 4.07. The third kappa shape index (κ3) is 76.0. The average molecular weight is 1330 g/mol. The lowest BCUT2D eigenvalue weighted by Crippen LogP contribution is -2.45. The summed E-state index contributed by atoms with van der Waals surface area (Å²) in [5.41, 5.74) is 0. The monoisotopic (exact) mass is 1330 g/mol. The summed E-state index contributed by atoms with van der Waals surface area (Å²) in [6.07, 6.45) is 112. The van der Waals surface area contributed by atoms with E-state index < -0.39 is 20.0 Å². The molecule has 0 aromatic heterocycles. The number of likely N-dealkylation sites (N-methyl/N-ethyl adjacent to an activating group) is 1. The van der Waals surface area contributed by atoms with E-state index in [9.17, 15) is 19.4 Å². The van der Waals surface area contributed by atoms with Crippen LogP contribution in [0.15, 0.2) is 134 Å². The van der Waals surface area contributed by atoms with Crippen molar-refractivity contribution in [3.63, 3.8) is 0 Å². The number of amides is 1. The molecule has 0 fully saturated rings. The summed E-state index contributed by atoms with van der Waals surface area (Å²) in [5.74, 6) is -0.182. The maximum atomic E-state index is 13.1. The molecule has 9 heteroatoms. The number of phosphoric acid groups is 1. The van der Waals surface area contributed by atoms with Gasteiger partial charge in [-0.1, -0.05) is 379 Å². The van der Waals surface area contributed by atoms with Crippen molar-refractivity contribution in [1.29, 1.82) is 0 Å².